The van der Waals surface area contributed by atoms with Gasteiger partial charge in [-0.3, -0.25) is 4.79 Å². The summed E-state index contributed by atoms with van der Waals surface area (Å²) in [5, 5.41) is 10.3. The van der Waals surface area contributed by atoms with E-state index in [0.29, 0.717) is 13.1 Å². The van der Waals surface area contributed by atoms with Crippen molar-refractivity contribution < 1.29 is 14.6 Å². The molecular formula is C16H27ClN2O3. The first-order valence-corrected chi connectivity index (χ1v) is 7.27. The molecule has 0 aliphatic carbocycles. The SMILES string of the molecule is CCN(CC(O)c1ccc(C)cc1)C(=O)CC(CN)OC.Cl. The zero-order valence-corrected chi connectivity index (χ0v) is 14.3. The molecule has 1 aromatic carbocycles. The fraction of sp³-hybridized carbons (Fsp3) is 0.562. The Hall–Kier alpha value is -1.14. The van der Waals surface area contributed by atoms with E-state index < -0.39 is 6.10 Å². The molecule has 2 unspecified atom stereocenters. The number of nitrogens with zero attached hydrogens (tertiary/aromatic N) is 1. The lowest BCUT2D eigenvalue weighted by Gasteiger charge is -2.25. The molecule has 0 aliphatic rings. The van der Waals surface area contributed by atoms with E-state index in [1.54, 1.807) is 12.0 Å². The fourth-order valence-corrected chi connectivity index (χ4v) is 2.10. The lowest BCUT2D eigenvalue weighted by Crippen LogP contribution is -2.38. The Morgan fingerprint density at radius 3 is 2.41 bits per heavy atom. The number of hydrogen-bond acceptors (Lipinski definition) is 4. The van der Waals surface area contributed by atoms with E-state index in [0.717, 1.165) is 11.1 Å². The third-order valence-electron chi connectivity index (χ3n) is 3.59. The highest BCUT2D eigenvalue weighted by Gasteiger charge is 2.20. The van der Waals surface area contributed by atoms with E-state index in [-0.39, 0.29) is 37.4 Å². The van der Waals surface area contributed by atoms with Gasteiger partial charge in [-0.15, -0.1) is 12.4 Å². The molecule has 2 atom stereocenters. The molecule has 1 rings (SSSR count). The maximum atomic E-state index is 12.2. The van der Waals surface area contributed by atoms with Crippen LogP contribution in [0.25, 0.3) is 0 Å². The molecule has 0 saturated heterocycles. The number of carbonyl (C=O) groups excluding carboxylic acids is 1. The van der Waals surface area contributed by atoms with Crippen LogP contribution in [0.5, 0.6) is 0 Å². The van der Waals surface area contributed by atoms with E-state index in [4.69, 9.17) is 10.5 Å². The van der Waals surface area contributed by atoms with Gasteiger partial charge in [0, 0.05) is 20.2 Å². The number of likely N-dealkylation sites (N-methyl/N-ethyl adjacent to an activating group) is 1. The van der Waals surface area contributed by atoms with E-state index >= 15 is 0 Å². The standard InChI is InChI=1S/C16H26N2O3.ClH/c1-4-18(16(20)9-14(10-17)21-3)11-15(19)13-7-5-12(2)6-8-13;/h5-8,14-15,19H,4,9-11,17H2,1-3H3;1H. The summed E-state index contributed by atoms with van der Waals surface area (Å²) in [4.78, 5) is 13.8. The molecule has 5 nitrogen and oxygen atoms in total. The minimum absolute atomic E-state index is 0. The molecule has 22 heavy (non-hydrogen) atoms. The van der Waals surface area contributed by atoms with Crippen LogP contribution in [0.2, 0.25) is 0 Å². The van der Waals surface area contributed by atoms with Gasteiger partial charge < -0.3 is 20.5 Å². The van der Waals surface area contributed by atoms with Gasteiger partial charge in [-0.05, 0) is 19.4 Å². The van der Waals surface area contributed by atoms with Crippen molar-refractivity contribution in [1.82, 2.24) is 4.90 Å². The first kappa shape index (κ1) is 20.9. The monoisotopic (exact) mass is 330 g/mol. The maximum Gasteiger partial charge on any atom is 0.225 e. The minimum atomic E-state index is -0.687. The Kier molecular flexibility index (Phi) is 10.0. The Balaban J connectivity index is 0.00000441. The first-order valence-electron chi connectivity index (χ1n) is 7.27. The van der Waals surface area contributed by atoms with Crippen LogP contribution in [0, 0.1) is 6.92 Å². The van der Waals surface area contributed by atoms with Crippen LogP contribution in [0.15, 0.2) is 24.3 Å². The highest BCUT2D eigenvalue weighted by molar-refractivity contribution is 5.85. The maximum absolute atomic E-state index is 12.2. The van der Waals surface area contributed by atoms with Crippen LogP contribution in [-0.4, -0.2) is 48.8 Å². The molecule has 3 N–H and O–H groups in total. The predicted molar refractivity (Wildman–Crippen MR) is 90.1 cm³/mol. The van der Waals surface area contributed by atoms with E-state index in [2.05, 4.69) is 0 Å². The number of halogens is 1. The quantitative estimate of drug-likeness (QED) is 0.760. The summed E-state index contributed by atoms with van der Waals surface area (Å²) in [6, 6.07) is 7.67. The van der Waals surface area contributed by atoms with Gasteiger partial charge in [0.1, 0.15) is 0 Å². The number of ether oxygens (including phenoxy) is 1. The van der Waals surface area contributed by atoms with Gasteiger partial charge in [0.25, 0.3) is 0 Å². The second-order valence-corrected chi connectivity index (χ2v) is 5.16. The van der Waals surface area contributed by atoms with E-state index in [9.17, 15) is 9.90 Å². The van der Waals surface area contributed by atoms with Crippen molar-refractivity contribution in [3.63, 3.8) is 0 Å². The summed E-state index contributed by atoms with van der Waals surface area (Å²) >= 11 is 0. The minimum Gasteiger partial charge on any atom is -0.387 e. The molecule has 0 heterocycles. The Bertz CT molecular complexity index is 436. The van der Waals surface area contributed by atoms with Crippen molar-refractivity contribution in [3.05, 3.63) is 35.4 Å². The highest BCUT2D eigenvalue weighted by atomic mass is 35.5. The number of methoxy groups -OCH3 is 1. The molecule has 126 valence electrons. The summed E-state index contributed by atoms with van der Waals surface area (Å²) in [7, 11) is 1.54. The van der Waals surface area contributed by atoms with Crippen molar-refractivity contribution in [2.75, 3.05) is 26.7 Å². The van der Waals surface area contributed by atoms with Gasteiger partial charge in [0.05, 0.1) is 25.2 Å². The number of carbonyl (C=O) groups is 1. The van der Waals surface area contributed by atoms with Crippen LogP contribution in [-0.2, 0) is 9.53 Å². The fourth-order valence-electron chi connectivity index (χ4n) is 2.10. The van der Waals surface area contributed by atoms with Crippen LogP contribution in [0.3, 0.4) is 0 Å². The third-order valence-corrected chi connectivity index (χ3v) is 3.59. The van der Waals surface area contributed by atoms with E-state index in [1.807, 2.05) is 38.1 Å². The van der Waals surface area contributed by atoms with Crippen LogP contribution < -0.4 is 5.73 Å². The van der Waals surface area contributed by atoms with Crippen molar-refractivity contribution in [2.24, 2.45) is 5.73 Å². The second kappa shape index (κ2) is 10.6. The summed E-state index contributed by atoms with van der Waals surface area (Å²) < 4.78 is 5.13. The summed E-state index contributed by atoms with van der Waals surface area (Å²) in [6.07, 6.45) is -0.724. The lowest BCUT2D eigenvalue weighted by molar-refractivity contribution is -0.134. The molecule has 0 aromatic heterocycles. The predicted octanol–water partition coefficient (Wildman–Crippen LogP) is 1.66. The van der Waals surface area contributed by atoms with Crippen LogP contribution in [0.1, 0.15) is 30.6 Å². The number of aryl methyl sites for hydroxylation is 1. The van der Waals surface area contributed by atoms with E-state index in [1.165, 1.54) is 0 Å². The second-order valence-electron chi connectivity index (χ2n) is 5.16. The number of rotatable bonds is 8. The molecular weight excluding hydrogens is 304 g/mol. The summed E-state index contributed by atoms with van der Waals surface area (Å²) in [5.74, 6) is -0.0547. The molecule has 0 bridgehead atoms. The smallest absolute Gasteiger partial charge is 0.225 e. The van der Waals surface area contributed by atoms with Gasteiger partial charge >= 0.3 is 0 Å². The molecule has 1 aromatic rings. The lowest BCUT2D eigenvalue weighted by atomic mass is 10.1. The molecule has 0 fully saturated rings. The number of hydrogen-bond donors (Lipinski definition) is 2. The van der Waals surface area contributed by atoms with Gasteiger partial charge in [0.15, 0.2) is 0 Å². The number of nitrogens with two attached hydrogens (primary N) is 1. The van der Waals surface area contributed by atoms with Crippen molar-refractivity contribution in [3.8, 4) is 0 Å². The van der Waals surface area contributed by atoms with Gasteiger partial charge in [-0.2, -0.15) is 0 Å². The van der Waals surface area contributed by atoms with Crippen LogP contribution in [0.4, 0.5) is 0 Å². The summed E-state index contributed by atoms with van der Waals surface area (Å²) in [5.41, 5.74) is 7.49. The van der Waals surface area contributed by atoms with Gasteiger partial charge in [-0.1, -0.05) is 29.8 Å². The molecule has 0 saturated carbocycles. The largest absolute Gasteiger partial charge is 0.387 e. The molecule has 0 spiro atoms. The Morgan fingerprint density at radius 2 is 1.95 bits per heavy atom. The highest BCUT2D eigenvalue weighted by Crippen LogP contribution is 2.16. The topological polar surface area (TPSA) is 75.8 Å². The zero-order chi connectivity index (χ0) is 15.8. The zero-order valence-electron chi connectivity index (χ0n) is 13.5. The van der Waals surface area contributed by atoms with Crippen molar-refractivity contribution >= 4 is 18.3 Å². The number of aliphatic hydroxyl groups is 1. The van der Waals surface area contributed by atoms with Crippen LogP contribution >= 0.6 is 12.4 Å². The van der Waals surface area contributed by atoms with Gasteiger partial charge in [-0.25, -0.2) is 0 Å². The molecule has 0 radical (unpaired) electrons. The third kappa shape index (κ3) is 6.32. The number of aliphatic hydroxyl groups excluding tert-OH is 1. The van der Waals surface area contributed by atoms with Crippen molar-refractivity contribution in [1.29, 1.82) is 0 Å². The Morgan fingerprint density at radius 1 is 1.36 bits per heavy atom. The normalized spacial score (nSPS) is 13.1. The average Bonchev–Trinajstić information content (AvgIpc) is 2.50. The first-order chi connectivity index (χ1) is 10.0. The number of benzene rings is 1. The molecule has 1 amide bonds. The molecule has 6 heteroatoms. The average molecular weight is 331 g/mol. The Labute approximate surface area is 138 Å². The molecule has 0 aliphatic heterocycles. The summed E-state index contributed by atoms with van der Waals surface area (Å²) in [6.45, 7) is 5.02. The van der Waals surface area contributed by atoms with Crippen molar-refractivity contribution in [2.45, 2.75) is 32.5 Å². The van der Waals surface area contributed by atoms with Gasteiger partial charge in [0.2, 0.25) is 5.91 Å². The number of amides is 1.